The lowest BCUT2D eigenvalue weighted by atomic mass is 9.82. The highest BCUT2D eigenvalue weighted by atomic mass is 16.5. The summed E-state index contributed by atoms with van der Waals surface area (Å²) in [5, 5.41) is 0. The van der Waals surface area contributed by atoms with E-state index in [-0.39, 0.29) is 5.41 Å². The van der Waals surface area contributed by atoms with Crippen LogP contribution in [-0.4, -0.2) is 0 Å². The molecule has 0 fully saturated rings. The molecule has 1 aliphatic rings. The molecule has 2 nitrogen and oxygen atoms in total. The van der Waals surface area contributed by atoms with Crippen LogP contribution in [0.2, 0.25) is 0 Å². The van der Waals surface area contributed by atoms with E-state index in [4.69, 9.17) is 4.74 Å². The molecule has 4 rings (SSSR count). The second-order valence-electron chi connectivity index (χ2n) is 7.66. The first kappa shape index (κ1) is 20.0. The maximum absolute atomic E-state index is 6.35. The van der Waals surface area contributed by atoms with Crippen LogP contribution in [0.3, 0.4) is 0 Å². The van der Waals surface area contributed by atoms with Gasteiger partial charge in [0.1, 0.15) is 0 Å². The summed E-state index contributed by atoms with van der Waals surface area (Å²) >= 11 is 0. The second kappa shape index (κ2) is 8.10. The summed E-state index contributed by atoms with van der Waals surface area (Å²) in [7, 11) is 0. The maximum atomic E-state index is 6.35. The van der Waals surface area contributed by atoms with Crippen LogP contribution < -0.4 is 9.64 Å². The standard InChI is InChI=1S/C24H25NO.C2H6/c1-5-24(3,4)18-12-14-21-23(16-18)26-22-15-17(2)11-13-20(22)25(21)19-9-7-6-8-10-19;1-2/h6-16H,5H2,1-4H3;1-2H3. The van der Waals surface area contributed by atoms with Gasteiger partial charge in [-0.1, -0.05) is 65.0 Å². The molecule has 0 radical (unpaired) electrons. The van der Waals surface area contributed by atoms with Gasteiger partial charge in [-0.3, -0.25) is 0 Å². The fourth-order valence-electron chi connectivity index (χ4n) is 3.40. The van der Waals surface area contributed by atoms with Crippen molar-refractivity contribution in [2.75, 3.05) is 4.90 Å². The van der Waals surface area contributed by atoms with Gasteiger partial charge in [-0.2, -0.15) is 0 Å². The Labute approximate surface area is 169 Å². The minimum Gasteiger partial charge on any atom is -0.453 e. The van der Waals surface area contributed by atoms with Gasteiger partial charge < -0.3 is 9.64 Å². The average molecular weight is 374 g/mol. The molecule has 1 aliphatic heterocycles. The van der Waals surface area contributed by atoms with Crippen LogP contribution in [0.15, 0.2) is 66.7 Å². The van der Waals surface area contributed by atoms with Crippen molar-refractivity contribution in [2.24, 2.45) is 0 Å². The van der Waals surface area contributed by atoms with Gasteiger partial charge in [0.05, 0.1) is 11.4 Å². The summed E-state index contributed by atoms with van der Waals surface area (Å²) in [5.41, 5.74) is 5.95. The van der Waals surface area contributed by atoms with Gasteiger partial charge >= 0.3 is 0 Å². The van der Waals surface area contributed by atoms with Crippen LogP contribution in [-0.2, 0) is 5.41 Å². The molecule has 146 valence electrons. The Balaban J connectivity index is 0.00000109. The van der Waals surface area contributed by atoms with Gasteiger partial charge in [0.25, 0.3) is 0 Å². The predicted octanol–water partition coefficient (Wildman–Crippen LogP) is 8.28. The summed E-state index contributed by atoms with van der Waals surface area (Å²) in [6, 6.07) is 23.5. The fraction of sp³-hybridized carbons (Fsp3) is 0.308. The van der Waals surface area contributed by atoms with Crippen molar-refractivity contribution in [3.63, 3.8) is 0 Å². The molecule has 0 spiro atoms. The molecule has 0 N–H and O–H groups in total. The number of ether oxygens (including phenoxy) is 1. The van der Waals surface area contributed by atoms with Crippen molar-refractivity contribution in [2.45, 2.75) is 53.4 Å². The van der Waals surface area contributed by atoms with E-state index in [1.165, 1.54) is 11.1 Å². The van der Waals surface area contributed by atoms with Crippen LogP contribution in [0.5, 0.6) is 11.5 Å². The third kappa shape index (κ3) is 3.64. The summed E-state index contributed by atoms with van der Waals surface area (Å²) in [4.78, 5) is 2.29. The van der Waals surface area contributed by atoms with Crippen LogP contribution in [0, 0.1) is 6.92 Å². The molecule has 2 heteroatoms. The number of rotatable bonds is 3. The quantitative estimate of drug-likeness (QED) is 0.358. The molecule has 0 bridgehead atoms. The Morgan fingerprint density at radius 2 is 1.43 bits per heavy atom. The topological polar surface area (TPSA) is 12.5 Å². The molecule has 1 heterocycles. The Kier molecular flexibility index (Phi) is 5.79. The van der Waals surface area contributed by atoms with Gasteiger partial charge in [-0.25, -0.2) is 0 Å². The van der Waals surface area contributed by atoms with Crippen molar-refractivity contribution < 1.29 is 4.74 Å². The number of hydrogen-bond acceptors (Lipinski definition) is 2. The van der Waals surface area contributed by atoms with Crippen LogP contribution >= 0.6 is 0 Å². The predicted molar refractivity (Wildman–Crippen MR) is 121 cm³/mol. The van der Waals surface area contributed by atoms with Crippen molar-refractivity contribution >= 4 is 17.1 Å². The zero-order chi connectivity index (χ0) is 20.3. The first-order valence-corrected chi connectivity index (χ1v) is 10.3. The van der Waals surface area contributed by atoms with Crippen LogP contribution in [0.1, 0.15) is 52.2 Å². The van der Waals surface area contributed by atoms with Crippen LogP contribution in [0.4, 0.5) is 17.1 Å². The largest absolute Gasteiger partial charge is 0.453 e. The molecule has 28 heavy (non-hydrogen) atoms. The molecule has 0 amide bonds. The molecule has 0 saturated carbocycles. The van der Waals surface area contributed by atoms with E-state index in [1.54, 1.807) is 0 Å². The lowest BCUT2D eigenvalue weighted by molar-refractivity contribution is 0.466. The van der Waals surface area contributed by atoms with E-state index >= 15 is 0 Å². The van der Waals surface area contributed by atoms with E-state index < -0.39 is 0 Å². The van der Waals surface area contributed by atoms with Gasteiger partial charge in [-0.15, -0.1) is 0 Å². The van der Waals surface area contributed by atoms with E-state index in [0.717, 1.165) is 35.0 Å². The van der Waals surface area contributed by atoms with Gasteiger partial charge in [-0.05, 0) is 66.3 Å². The van der Waals surface area contributed by atoms with Gasteiger partial charge in [0.15, 0.2) is 11.5 Å². The summed E-state index contributed by atoms with van der Waals surface area (Å²) in [6.45, 7) is 12.9. The normalized spacial score (nSPS) is 12.3. The zero-order valence-corrected chi connectivity index (χ0v) is 17.9. The highest BCUT2D eigenvalue weighted by Gasteiger charge is 2.28. The number of benzene rings is 3. The maximum Gasteiger partial charge on any atom is 0.151 e. The second-order valence-corrected chi connectivity index (χ2v) is 7.66. The molecule has 0 unspecified atom stereocenters. The van der Waals surface area contributed by atoms with Crippen LogP contribution in [0.25, 0.3) is 0 Å². The Morgan fingerprint density at radius 1 is 0.821 bits per heavy atom. The molecular formula is C26H31NO. The lowest BCUT2D eigenvalue weighted by Crippen LogP contribution is -2.19. The Morgan fingerprint density at radius 3 is 2.07 bits per heavy atom. The van der Waals surface area contributed by atoms with Crippen molar-refractivity contribution in [1.29, 1.82) is 0 Å². The lowest BCUT2D eigenvalue weighted by Gasteiger charge is -2.34. The zero-order valence-electron chi connectivity index (χ0n) is 17.9. The Bertz CT molecular complexity index is 944. The van der Waals surface area contributed by atoms with Crippen molar-refractivity contribution in [3.8, 4) is 11.5 Å². The van der Waals surface area contributed by atoms with Gasteiger partial charge in [0, 0.05) is 5.69 Å². The Hall–Kier alpha value is -2.74. The molecule has 0 atom stereocenters. The SMILES string of the molecule is CC.CCC(C)(C)c1ccc2c(c1)Oc1cc(C)ccc1N2c1ccccc1. The minimum absolute atomic E-state index is 0.128. The highest BCUT2D eigenvalue weighted by Crippen LogP contribution is 2.51. The first-order chi connectivity index (χ1) is 13.5. The number of para-hydroxylation sites is 1. The summed E-state index contributed by atoms with van der Waals surface area (Å²) in [6.07, 6.45) is 1.09. The molecule has 3 aromatic rings. The molecular weight excluding hydrogens is 342 g/mol. The number of fused-ring (bicyclic) bond motifs is 2. The molecule has 0 aliphatic carbocycles. The fourth-order valence-corrected chi connectivity index (χ4v) is 3.40. The molecule has 3 aromatic carbocycles. The monoisotopic (exact) mass is 373 g/mol. The van der Waals surface area contributed by atoms with E-state index in [1.807, 2.05) is 19.9 Å². The van der Waals surface area contributed by atoms with Crippen molar-refractivity contribution in [3.05, 3.63) is 77.9 Å². The van der Waals surface area contributed by atoms with E-state index in [0.29, 0.717) is 0 Å². The highest BCUT2D eigenvalue weighted by molar-refractivity contribution is 5.86. The third-order valence-electron chi connectivity index (χ3n) is 5.46. The number of nitrogens with zero attached hydrogens (tertiary/aromatic N) is 1. The van der Waals surface area contributed by atoms with Crippen molar-refractivity contribution in [1.82, 2.24) is 0 Å². The number of hydrogen-bond donors (Lipinski definition) is 0. The smallest absolute Gasteiger partial charge is 0.151 e. The van der Waals surface area contributed by atoms with E-state index in [9.17, 15) is 0 Å². The average Bonchev–Trinajstić information content (AvgIpc) is 2.73. The summed E-state index contributed by atoms with van der Waals surface area (Å²) in [5.74, 6) is 1.83. The number of aryl methyl sites for hydroxylation is 1. The third-order valence-corrected chi connectivity index (χ3v) is 5.46. The molecule has 0 aromatic heterocycles. The van der Waals surface area contributed by atoms with E-state index in [2.05, 4.69) is 93.3 Å². The van der Waals surface area contributed by atoms with Gasteiger partial charge in [0.2, 0.25) is 0 Å². The minimum atomic E-state index is 0.128. The summed E-state index contributed by atoms with van der Waals surface area (Å²) < 4.78 is 6.35. The number of anilines is 3. The first-order valence-electron chi connectivity index (χ1n) is 10.3. The molecule has 0 saturated heterocycles.